The Morgan fingerprint density at radius 1 is 1.03 bits per heavy atom. The van der Waals surface area contributed by atoms with Gasteiger partial charge in [0.25, 0.3) is 5.91 Å². The molecule has 4 nitrogen and oxygen atoms in total. The lowest BCUT2D eigenvalue weighted by atomic mass is 10.1. The number of halogens is 6. The Bertz CT molecular complexity index is 1270. The van der Waals surface area contributed by atoms with E-state index in [4.69, 9.17) is 46.4 Å². The summed E-state index contributed by atoms with van der Waals surface area (Å²) in [6, 6.07) is 15.3. The number of alkyl halides is 2. The van der Waals surface area contributed by atoms with E-state index in [0.717, 1.165) is 10.0 Å². The number of amides is 2. The van der Waals surface area contributed by atoms with Gasteiger partial charge in [-0.1, -0.05) is 39.1 Å². The van der Waals surface area contributed by atoms with Crippen LogP contribution < -0.4 is 10.2 Å². The molecule has 2 amide bonds. The number of rotatable bonds is 5. The SMILES string of the molecule is CN(C(=O)c1cc(NC(=O)[C@@H]2[C@@H](c3cc(Cl)cc(Br)c3)C2(Cl)Cl)ccc1Cl)c1ccc(F)cc1. The maximum absolute atomic E-state index is 13.2. The number of hydrogen-bond donors (Lipinski definition) is 1. The summed E-state index contributed by atoms with van der Waals surface area (Å²) in [4.78, 5) is 27.4. The molecule has 0 spiro atoms. The molecule has 176 valence electrons. The number of hydrogen-bond acceptors (Lipinski definition) is 2. The number of anilines is 2. The van der Waals surface area contributed by atoms with Crippen LogP contribution in [0.1, 0.15) is 21.8 Å². The molecular formula is C24H16BrCl4FN2O2. The van der Waals surface area contributed by atoms with Crippen molar-refractivity contribution in [3.8, 4) is 0 Å². The summed E-state index contributed by atoms with van der Waals surface area (Å²) in [5, 5.41) is 3.46. The first-order valence-electron chi connectivity index (χ1n) is 9.97. The van der Waals surface area contributed by atoms with E-state index >= 15 is 0 Å². The van der Waals surface area contributed by atoms with Crippen LogP contribution >= 0.6 is 62.3 Å². The van der Waals surface area contributed by atoms with Gasteiger partial charge in [0, 0.05) is 33.8 Å². The highest BCUT2D eigenvalue weighted by molar-refractivity contribution is 9.10. The van der Waals surface area contributed by atoms with Crippen LogP contribution in [0.2, 0.25) is 10.0 Å². The molecule has 4 rings (SSSR count). The van der Waals surface area contributed by atoms with Crippen molar-refractivity contribution in [1.29, 1.82) is 0 Å². The highest BCUT2D eigenvalue weighted by Crippen LogP contribution is 2.65. The summed E-state index contributed by atoms with van der Waals surface area (Å²) in [5.41, 5.74) is 1.74. The Kier molecular flexibility index (Phi) is 7.19. The fourth-order valence-corrected chi connectivity index (χ4v) is 5.68. The monoisotopic (exact) mass is 602 g/mol. The summed E-state index contributed by atoms with van der Waals surface area (Å²) in [6.07, 6.45) is 0. The smallest absolute Gasteiger partial charge is 0.259 e. The van der Waals surface area contributed by atoms with Gasteiger partial charge in [-0.2, -0.15) is 0 Å². The molecule has 0 aromatic heterocycles. The van der Waals surface area contributed by atoms with Crippen LogP contribution in [0.15, 0.2) is 65.1 Å². The highest BCUT2D eigenvalue weighted by Gasteiger charge is 2.67. The molecule has 0 bridgehead atoms. The molecule has 0 heterocycles. The number of carbonyl (C=O) groups is 2. The lowest BCUT2D eigenvalue weighted by molar-refractivity contribution is -0.117. The summed E-state index contributed by atoms with van der Waals surface area (Å²) in [7, 11) is 1.55. The minimum atomic E-state index is -1.30. The zero-order chi connectivity index (χ0) is 24.8. The average Bonchev–Trinajstić information content (AvgIpc) is 3.36. The van der Waals surface area contributed by atoms with Crippen molar-refractivity contribution < 1.29 is 14.0 Å². The maximum atomic E-state index is 13.2. The molecule has 3 aromatic carbocycles. The van der Waals surface area contributed by atoms with Crippen LogP contribution in [0.25, 0.3) is 0 Å². The first-order chi connectivity index (χ1) is 16.0. The minimum Gasteiger partial charge on any atom is -0.326 e. The van der Waals surface area contributed by atoms with Gasteiger partial charge in [-0.05, 0) is 66.2 Å². The minimum absolute atomic E-state index is 0.167. The Morgan fingerprint density at radius 3 is 2.35 bits per heavy atom. The lowest BCUT2D eigenvalue weighted by Crippen LogP contribution is -2.26. The second-order valence-electron chi connectivity index (χ2n) is 7.86. The highest BCUT2D eigenvalue weighted by atomic mass is 79.9. The molecule has 3 aromatic rings. The number of carbonyl (C=O) groups excluding carboxylic acids is 2. The molecule has 1 aliphatic carbocycles. The predicted molar refractivity (Wildman–Crippen MR) is 139 cm³/mol. The molecule has 2 atom stereocenters. The maximum Gasteiger partial charge on any atom is 0.259 e. The molecule has 10 heteroatoms. The molecule has 1 aliphatic rings. The van der Waals surface area contributed by atoms with Crippen molar-refractivity contribution in [3.05, 3.63) is 92.1 Å². The Balaban J connectivity index is 1.53. The Morgan fingerprint density at radius 2 is 1.71 bits per heavy atom. The molecule has 0 radical (unpaired) electrons. The van der Waals surface area contributed by atoms with Crippen molar-refractivity contribution in [2.75, 3.05) is 17.3 Å². The molecule has 34 heavy (non-hydrogen) atoms. The fraction of sp³-hybridized carbons (Fsp3) is 0.167. The second kappa shape index (κ2) is 9.67. The summed E-state index contributed by atoms with van der Waals surface area (Å²) in [5.74, 6) is -2.42. The van der Waals surface area contributed by atoms with Crippen molar-refractivity contribution >= 4 is 85.5 Å². The molecular weight excluding hydrogens is 589 g/mol. The molecule has 1 saturated carbocycles. The van der Waals surface area contributed by atoms with Gasteiger partial charge in [0.1, 0.15) is 10.2 Å². The first-order valence-corrected chi connectivity index (χ1v) is 12.3. The van der Waals surface area contributed by atoms with E-state index < -0.39 is 33.8 Å². The van der Waals surface area contributed by atoms with Crippen LogP contribution in [0, 0.1) is 11.7 Å². The van der Waals surface area contributed by atoms with Gasteiger partial charge in [-0.15, -0.1) is 23.2 Å². The van der Waals surface area contributed by atoms with Gasteiger partial charge >= 0.3 is 0 Å². The normalized spacial score (nSPS) is 18.3. The molecule has 1 fully saturated rings. The van der Waals surface area contributed by atoms with Crippen LogP contribution in [0.3, 0.4) is 0 Å². The van der Waals surface area contributed by atoms with Crippen LogP contribution in [0.5, 0.6) is 0 Å². The van der Waals surface area contributed by atoms with Gasteiger partial charge in [0.2, 0.25) is 5.91 Å². The van der Waals surface area contributed by atoms with E-state index in [2.05, 4.69) is 21.2 Å². The standard InChI is InChI=1S/C24H16BrCl4FN2O2/c1-32(17-5-2-15(30)3-6-17)23(34)18-11-16(4-7-19(18)27)31-22(33)21-20(24(21,28)29)12-8-13(25)10-14(26)9-12/h2-11,20-21H,1H3,(H,31,33)/t20-,21+/m1/s1. The number of nitrogens with zero attached hydrogens (tertiary/aromatic N) is 1. The molecule has 0 aliphatic heterocycles. The van der Waals surface area contributed by atoms with Gasteiger partial charge in [-0.3, -0.25) is 9.59 Å². The molecule has 1 N–H and O–H groups in total. The summed E-state index contributed by atoms with van der Waals surface area (Å²) < 4.78 is 12.7. The van der Waals surface area contributed by atoms with Crippen molar-refractivity contribution in [2.24, 2.45) is 5.92 Å². The predicted octanol–water partition coefficient (Wildman–Crippen LogP) is 7.70. The molecule has 0 unspecified atom stereocenters. The zero-order valence-corrected chi connectivity index (χ0v) is 22.1. The Labute approximate surface area is 224 Å². The third-order valence-electron chi connectivity index (χ3n) is 5.56. The van der Waals surface area contributed by atoms with Crippen molar-refractivity contribution in [2.45, 2.75) is 10.3 Å². The van der Waals surface area contributed by atoms with Crippen LogP contribution in [-0.2, 0) is 4.79 Å². The lowest BCUT2D eigenvalue weighted by Gasteiger charge is -2.18. The zero-order valence-electron chi connectivity index (χ0n) is 17.5. The molecule has 0 saturated heterocycles. The van der Waals surface area contributed by atoms with Crippen molar-refractivity contribution in [3.63, 3.8) is 0 Å². The van der Waals surface area contributed by atoms with Crippen LogP contribution in [-0.4, -0.2) is 23.2 Å². The van der Waals surface area contributed by atoms with E-state index in [-0.39, 0.29) is 10.6 Å². The second-order valence-corrected chi connectivity index (χ2v) is 11.1. The van der Waals surface area contributed by atoms with Crippen LogP contribution in [0.4, 0.5) is 15.8 Å². The van der Waals surface area contributed by atoms with E-state index in [9.17, 15) is 14.0 Å². The average molecular weight is 605 g/mol. The number of nitrogens with one attached hydrogen (secondary N) is 1. The van der Waals surface area contributed by atoms with E-state index in [1.54, 1.807) is 25.2 Å². The fourth-order valence-electron chi connectivity index (χ4n) is 3.77. The van der Waals surface area contributed by atoms with Crippen molar-refractivity contribution in [1.82, 2.24) is 0 Å². The van der Waals surface area contributed by atoms with Gasteiger partial charge in [0.15, 0.2) is 0 Å². The summed E-state index contributed by atoms with van der Waals surface area (Å²) >= 11 is 28.6. The first kappa shape index (κ1) is 25.3. The van der Waals surface area contributed by atoms with Gasteiger partial charge in [-0.25, -0.2) is 4.39 Å². The third-order valence-corrected chi connectivity index (χ3v) is 7.51. The number of benzene rings is 3. The van der Waals surface area contributed by atoms with E-state index in [0.29, 0.717) is 16.4 Å². The van der Waals surface area contributed by atoms with E-state index in [1.807, 2.05) is 6.07 Å². The third kappa shape index (κ3) is 5.07. The largest absolute Gasteiger partial charge is 0.326 e. The quantitative estimate of drug-likeness (QED) is 0.304. The topological polar surface area (TPSA) is 49.4 Å². The van der Waals surface area contributed by atoms with E-state index in [1.165, 1.54) is 41.3 Å². The Hall–Kier alpha value is -1.83. The van der Waals surface area contributed by atoms with Gasteiger partial charge in [0.05, 0.1) is 16.5 Å². The van der Waals surface area contributed by atoms with Gasteiger partial charge < -0.3 is 10.2 Å². The summed E-state index contributed by atoms with van der Waals surface area (Å²) in [6.45, 7) is 0.